The van der Waals surface area contributed by atoms with Crippen LogP contribution >= 0.6 is 23.5 Å². The van der Waals surface area contributed by atoms with E-state index in [1.165, 1.54) is 30.3 Å². The third-order valence-electron chi connectivity index (χ3n) is 2.33. The van der Waals surface area contributed by atoms with E-state index in [4.69, 9.17) is 5.11 Å². The Hall–Kier alpha value is -2.13. The summed E-state index contributed by atoms with van der Waals surface area (Å²) in [6.07, 6.45) is 1.51. The van der Waals surface area contributed by atoms with Gasteiger partial charge in [-0.2, -0.15) is 0 Å². The predicted octanol–water partition coefficient (Wildman–Crippen LogP) is 2.38. The van der Waals surface area contributed by atoms with Crippen LogP contribution in [0.4, 0.5) is 5.69 Å². The topological polar surface area (TPSA) is 110 Å². The SMILES string of the molecule is O=C(O)CSC1=NC(=Cc2ccc([N+](=O)[O-])cc2)C(=O)S1. The lowest BCUT2D eigenvalue weighted by atomic mass is 10.2. The van der Waals surface area contributed by atoms with E-state index in [0.29, 0.717) is 9.94 Å². The average Bonchev–Trinajstić information content (AvgIpc) is 2.78. The number of hydrogen-bond acceptors (Lipinski definition) is 7. The Bertz CT molecular complexity index is 667. The predicted molar refractivity (Wildman–Crippen MR) is 81.2 cm³/mol. The number of non-ortho nitro benzene ring substituents is 1. The highest BCUT2D eigenvalue weighted by Crippen LogP contribution is 2.31. The van der Waals surface area contributed by atoms with Gasteiger partial charge >= 0.3 is 5.97 Å². The molecule has 0 unspecified atom stereocenters. The van der Waals surface area contributed by atoms with E-state index >= 15 is 0 Å². The van der Waals surface area contributed by atoms with Crippen LogP contribution in [-0.4, -0.2) is 31.2 Å². The maximum Gasteiger partial charge on any atom is 0.313 e. The highest BCUT2D eigenvalue weighted by atomic mass is 32.2. The molecule has 1 aromatic rings. The Labute approximate surface area is 127 Å². The van der Waals surface area contributed by atoms with E-state index in [9.17, 15) is 19.7 Å². The van der Waals surface area contributed by atoms with Crippen molar-refractivity contribution in [3.63, 3.8) is 0 Å². The fourth-order valence-corrected chi connectivity index (χ4v) is 2.99. The van der Waals surface area contributed by atoms with Crippen LogP contribution in [0.5, 0.6) is 0 Å². The zero-order valence-corrected chi connectivity index (χ0v) is 12.0. The normalized spacial score (nSPS) is 16.1. The monoisotopic (exact) mass is 324 g/mol. The highest BCUT2D eigenvalue weighted by molar-refractivity contribution is 8.45. The quantitative estimate of drug-likeness (QED) is 0.514. The molecular formula is C12H8N2O5S2. The summed E-state index contributed by atoms with van der Waals surface area (Å²) in [5.41, 5.74) is 0.769. The van der Waals surface area contributed by atoms with Crippen molar-refractivity contribution in [3.8, 4) is 0 Å². The molecule has 108 valence electrons. The van der Waals surface area contributed by atoms with Crippen LogP contribution in [0.3, 0.4) is 0 Å². The molecule has 0 spiro atoms. The largest absolute Gasteiger partial charge is 0.481 e. The zero-order valence-electron chi connectivity index (χ0n) is 10.4. The molecule has 2 rings (SSSR count). The Morgan fingerprint density at radius 3 is 2.67 bits per heavy atom. The summed E-state index contributed by atoms with van der Waals surface area (Å²) in [5, 5.41) is 18.8. The first-order valence-electron chi connectivity index (χ1n) is 5.57. The van der Waals surface area contributed by atoms with Gasteiger partial charge in [-0.3, -0.25) is 19.7 Å². The summed E-state index contributed by atoms with van der Waals surface area (Å²) < 4.78 is 0.385. The molecule has 21 heavy (non-hydrogen) atoms. The number of nitro benzene ring substituents is 1. The number of hydrogen-bond donors (Lipinski definition) is 1. The van der Waals surface area contributed by atoms with Crippen LogP contribution < -0.4 is 0 Å². The smallest absolute Gasteiger partial charge is 0.313 e. The van der Waals surface area contributed by atoms with Gasteiger partial charge in [-0.1, -0.05) is 11.8 Å². The second kappa shape index (κ2) is 6.55. The number of carbonyl (C=O) groups is 2. The Balaban J connectivity index is 2.14. The van der Waals surface area contributed by atoms with Gasteiger partial charge in [0, 0.05) is 12.1 Å². The first-order valence-corrected chi connectivity index (χ1v) is 7.37. The summed E-state index contributed by atoms with van der Waals surface area (Å²) in [6, 6.07) is 5.70. The van der Waals surface area contributed by atoms with Gasteiger partial charge in [-0.15, -0.1) is 0 Å². The molecule has 1 aliphatic rings. The number of carboxylic acid groups (broad SMARTS) is 1. The van der Waals surface area contributed by atoms with E-state index < -0.39 is 10.9 Å². The minimum Gasteiger partial charge on any atom is -0.481 e. The van der Waals surface area contributed by atoms with Crippen molar-refractivity contribution in [3.05, 3.63) is 45.6 Å². The van der Waals surface area contributed by atoms with E-state index in [0.717, 1.165) is 23.5 Å². The van der Waals surface area contributed by atoms with Gasteiger partial charge in [0.25, 0.3) is 5.69 Å². The molecule has 0 fully saturated rings. The van der Waals surface area contributed by atoms with Gasteiger partial charge in [0.2, 0.25) is 5.12 Å². The van der Waals surface area contributed by atoms with Crippen molar-refractivity contribution >= 4 is 50.7 Å². The van der Waals surface area contributed by atoms with Gasteiger partial charge in [0.05, 0.1) is 10.7 Å². The molecule has 1 N–H and O–H groups in total. The molecule has 0 bridgehead atoms. The molecular weight excluding hydrogens is 316 g/mol. The molecule has 0 amide bonds. The molecule has 7 nitrogen and oxygen atoms in total. The van der Waals surface area contributed by atoms with Crippen LogP contribution in [0.15, 0.2) is 35.0 Å². The molecule has 0 atom stereocenters. The number of rotatable bonds is 4. The minimum atomic E-state index is -0.983. The number of carboxylic acids is 1. The van der Waals surface area contributed by atoms with Crippen LogP contribution in [0.25, 0.3) is 6.08 Å². The van der Waals surface area contributed by atoms with Crippen LogP contribution in [-0.2, 0) is 9.59 Å². The molecule has 0 aliphatic carbocycles. The van der Waals surface area contributed by atoms with Crippen molar-refractivity contribution in [2.45, 2.75) is 0 Å². The van der Waals surface area contributed by atoms with Gasteiger partial charge in [0.1, 0.15) is 10.1 Å². The van der Waals surface area contributed by atoms with Gasteiger partial charge in [-0.25, -0.2) is 4.99 Å². The van der Waals surface area contributed by atoms with Crippen molar-refractivity contribution in [1.82, 2.24) is 0 Å². The Morgan fingerprint density at radius 1 is 1.43 bits per heavy atom. The number of carbonyl (C=O) groups excluding carboxylic acids is 1. The molecule has 1 aliphatic heterocycles. The second-order valence-electron chi connectivity index (χ2n) is 3.83. The standard InChI is InChI=1S/C12H8N2O5S2/c15-10(16)6-20-12-13-9(11(17)21-12)5-7-1-3-8(4-2-7)14(18)19/h1-5H,6H2,(H,15,16). The van der Waals surface area contributed by atoms with E-state index in [1.54, 1.807) is 0 Å². The number of thioether (sulfide) groups is 2. The summed E-state index contributed by atoms with van der Waals surface area (Å²) >= 11 is 1.86. The third kappa shape index (κ3) is 4.17. The lowest BCUT2D eigenvalue weighted by molar-refractivity contribution is -0.384. The summed E-state index contributed by atoms with van der Waals surface area (Å²) in [6.45, 7) is 0. The molecule has 1 heterocycles. The third-order valence-corrected chi connectivity index (χ3v) is 4.32. The molecule has 1 aromatic carbocycles. The second-order valence-corrected chi connectivity index (χ2v) is 6.01. The molecule has 0 saturated carbocycles. The van der Waals surface area contributed by atoms with E-state index in [2.05, 4.69) is 4.99 Å². The fraction of sp³-hybridized carbons (Fsp3) is 0.0833. The summed E-state index contributed by atoms with van der Waals surface area (Å²) in [4.78, 5) is 36.3. The lowest BCUT2D eigenvalue weighted by Gasteiger charge is -1.94. The Kier molecular flexibility index (Phi) is 4.76. The van der Waals surface area contributed by atoms with E-state index in [1.807, 2.05) is 0 Å². The van der Waals surface area contributed by atoms with Gasteiger partial charge in [0.15, 0.2) is 0 Å². The van der Waals surface area contributed by atoms with Crippen LogP contribution in [0.1, 0.15) is 5.56 Å². The number of aliphatic imine (C=N–C) groups is 1. The molecule has 0 aromatic heterocycles. The number of benzene rings is 1. The number of nitrogens with zero attached hydrogens (tertiary/aromatic N) is 2. The van der Waals surface area contributed by atoms with Gasteiger partial charge < -0.3 is 5.11 Å². The van der Waals surface area contributed by atoms with Crippen LogP contribution in [0, 0.1) is 10.1 Å². The Morgan fingerprint density at radius 2 is 2.10 bits per heavy atom. The maximum absolute atomic E-state index is 11.7. The minimum absolute atomic E-state index is 0.0366. The molecule has 0 saturated heterocycles. The highest BCUT2D eigenvalue weighted by Gasteiger charge is 2.23. The van der Waals surface area contributed by atoms with E-state index in [-0.39, 0.29) is 22.3 Å². The van der Waals surface area contributed by atoms with Crippen molar-refractivity contribution in [1.29, 1.82) is 0 Å². The lowest BCUT2D eigenvalue weighted by Crippen LogP contribution is -1.99. The fourth-order valence-electron chi connectivity index (χ4n) is 1.42. The van der Waals surface area contributed by atoms with Crippen molar-refractivity contribution in [2.24, 2.45) is 4.99 Å². The van der Waals surface area contributed by atoms with Crippen molar-refractivity contribution < 1.29 is 19.6 Å². The summed E-state index contributed by atoms with van der Waals surface area (Å²) in [5.74, 6) is -1.15. The number of aliphatic carboxylic acids is 1. The molecule has 0 radical (unpaired) electrons. The summed E-state index contributed by atoms with van der Waals surface area (Å²) in [7, 11) is 0. The van der Waals surface area contributed by atoms with Gasteiger partial charge in [-0.05, 0) is 35.5 Å². The maximum atomic E-state index is 11.7. The van der Waals surface area contributed by atoms with Crippen molar-refractivity contribution in [2.75, 3.05) is 5.75 Å². The number of nitro groups is 1. The first-order chi connectivity index (χ1) is 9.95. The average molecular weight is 324 g/mol. The van der Waals surface area contributed by atoms with Crippen LogP contribution in [0.2, 0.25) is 0 Å². The molecule has 9 heteroatoms. The first kappa shape index (κ1) is 15.3. The zero-order chi connectivity index (χ0) is 15.4.